The highest BCUT2D eigenvalue weighted by Gasteiger charge is 2.31. The summed E-state index contributed by atoms with van der Waals surface area (Å²) in [5, 5.41) is 8.90. The van der Waals surface area contributed by atoms with Gasteiger partial charge in [-0.1, -0.05) is 6.07 Å². The van der Waals surface area contributed by atoms with Gasteiger partial charge in [0.1, 0.15) is 5.56 Å². The molecule has 3 aromatic rings. The number of nitrogens with one attached hydrogen (secondary N) is 1. The van der Waals surface area contributed by atoms with E-state index in [9.17, 15) is 9.59 Å². The number of nitrogens with zero attached hydrogens (tertiary/aromatic N) is 4. The second-order valence-corrected chi connectivity index (χ2v) is 7.18. The minimum atomic E-state index is -0.222. The summed E-state index contributed by atoms with van der Waals surface area (Å²) in [6.07, 6.45) is 6.11. The number of amides is 2. The third kappa shape index (κ3) is 2.76. The fraction of sp³-hybridized carbons (Fsp3) is 0.333. The topological polar surface area (TPSA) is 79.6 Å². The van der Waals surface area contributed by atoms with Crippen molar-refractivity contribution in [3.8, 4) is 0 Å². The third-order valence-corrected chi connectivity index (χ3v) is 5.60. The van der Waals surface area contributed by atoms with Gasteiger partial charge in [0.2, 0.25) is 0 Å². The largest absolute Gasteiger partial charge is 0.355 e. The van der Waals surface area contributed by atoms with Crippen molar-refractivity contribution >= 4 is 28.8 Å². The van der Waals surface area contributed by atoms with E-state index in [1.54, 1.807) is 17.8 Å². The van der Waals surface area contributed by atoms with Crippen LogP contribution in [-0.2, 0) is 0 Å². The fourth-order valence-electron chi connectivity index (χ4n) is 3.48. The maximum Gasteiger partial charge on any atom is 0.264 e. The van der Waals surface area contributed by atoms with Gasteiger partial charge < -0.3 is 10.2 Å². The summed E-state index contributed by atoms with van der Waals surface area (Å²) in [5.74, 6) is -0.173. The molecule has 0 spiro atoms. The van der Waals surface area contributed by atoms with Crippen LogP contribution in [0.3, 0.4) is 0 Å². The van der Waals surface area contributed by atoms with Crippen LogP contribution in [0.15, 0.2) is 36.0 Å². The molecule has 1 atom stereocenters. The molecule has 0 saturated carbocycles. The lowest BCUT2D eigenvalue weighted by Gasteiger charge is -2.35. The Bertz CT molecular complexity index is 950. The Morgan fingerprint density at radius 3 is 2.96 bits per heavy atom. The molecule has 1 aliphatic rings. The smallest absolute Gasteiger partial charge is 0.264 e. The average Bonchev–Trinajstić information content (AvgIpc) is 3.36. The molecule has 4 rings (SSSR count). The minimum Gasteiger partial charge on any atom is -0.355 e. The lowest BCUT2D eigenvalue weighted by Crippen LogP contribution is -2.39. The molecule has 2 amide bonds. The summed E-state index contributed by atoms with van der Waals surface area (Å²) in [6, 6.07) is 5.56. The minimum absolute atomic E-state index is 0.0494. The lowest BCUT2D eigenvalue weighted by molar-refractivity contribution is 0.0608. The number of carbonyl (C=O) groups is 2. The first-order chi connectivity index (χ1) is 12.7. The maximum atomic E-state index is 13.0. The molecule has 0 aromatic carbocycles. The van der Waals surface area contributed by atoms with Crippen molar-refractivity contribution in [1.82, 2.24) is 24.8 Å². The first-order valence-electron chi connectivity index (χ1n) is 8.60. The number of hydrogen-bond donors (Lipinski definition) is 1. The van der Waals surface area contributed by atoms with Gasteiger partial charge in [-0.25, -0.2) is 9.50 Å². The predicted octanol–water partition coefficient (Wildman–Crippen LogP) is 2.52. The molecule has 134 valence electrons. The Balaban J connectivity index is 1.76. The number of hydrogen-bond acceptors (Lipinski definition) is 5. The van der Waals surface area contributed by atoms with Crippen molar-refractivity contribution in [2.75, 3.05) is 13.6 Å². The molecule has 1 aliphatic heterocycles. The van der Waals surface area contributed by atoms with Crippen molar-refractivity contribution in [3.63, 3.8) is 0 Å². The number of piperidine rings is 1. The second-order valence-electron chi connectivity index (χ2n) is 6.23. The molecule has 26 heavy (non-hydrogen) atoms. The van der Waals surface area contributed by atoms with Gasteiger partial charge in [-0.3, -0.25) is 9.59 Å². The molecule has 7 nitrogen and oxygen atoms in total. The Kier molecular flexibility index (Phi) is 4.42. The van der Waals surface area contributed by atoms with E-state index in [1.807, 2.05) is 28.5 Å². The second kappa shape index (κ2) is 6.87. The normalized spacial score (nSPS) is 17.4. The number of fused-ring (bicyclic) bond motifs is 1. The van der Waals surface area contributed by atoms with E-state index in [-0.39, 0.29) is 17.9 Å². The van der Waals surface area contributed by atoms with E-state index in [1.165, 1.54) is 17.5 Å². The van der Waals surface area contributed by atoms with E-state index in [0.29, 0.717) is 11.2 Å². The van der Waals surface area contributed by atoms with Gasteiger partial charge in [-0.15, -0.1) is 11.3 Å². The quantitative estimate of drug-likeness (QED) is 0.769. The van der Waals surface area contributed by atoms with Gasteiger partial charge in [0.25, 0.3) is 11.8 Å². The molecule has 0 radical (unpaired) electrons. The number of likely N-dealkylation sites (tertiary alicyclic amines) is 1. The molecule has 0 bridgehead atoms. The predicted molar refractivity (Wildman–Crippen MR) is 98.3 cm³/mol. The van der Waals surface area contributed by atoms with E-state index in [0.717, 1.165) is 36.4 Å². The van der Waals surface area contributed by atoms with Gasteiger partial charge in [-0.2, -0.15) is 5.10 Å². The van der Waals surface area contributed by atoms with Gasteiger partial charge in [0.05, 0.1) is 22.8 Å². The standard InChI is InChI=1S/C18H19N5O2S/c1-19-17(24)12-11-21-23-14(7-8-20-16(12)23)13-5-2-3-9-22(13)18(25)15-6-4-10-26-15/h4,6-8,10-11,13H,2-3,5,9H2,1H3,(H,19,24)/t13-/m0/s1. The van der Waals surface area contributed by atoms with Crippen molar-refractivity contribution in [3.05, 3.63) is 52.1 Å². The summed E-state index contributed by atoms with van der Waals surface area (Å²) in [4.78, 5) is 32.0. The van der Waals surface area contributed by atoms with Crippen LogP contribution in [0.2, 0.25) is 0 Å². The lowest BCUT2D eigenvalue weighted by atomic mass is 9.98. The molecule has 1 N–H and O–H groups in total. The van der Waals surface area contributed by atoms with Crippen LogP contribution < -0.4 is 5.32 Å². The van der Waals surface area contributed by atoms with E-state index in [2.05, 4.69) is 15.4 Å². The SMILES string of the molecule is CNC(=O)c1cnn2c([C@@H]3CCCCN3C(=O)c3cccs3)ccnc12. The van der Waals surface area contributed by atoms with Crippen LogP contribution >= 0.6 is 11.3 Å². The molecular formula is C18H19N5O2S. The van der Waals surface area contributed by atoms with Crippen LogP contribution in [0.5, 0.6) is 0 Å². The molecule has 4 heterocycles. The highest BCUT2D eigenvalue weighted by molar-refractivity contribution is 7.12. The summed E-state index contributed by atoms with van der Waals surface area (Å²) in [7, 11) is 1.58. The number of rotatable bonds is 3. The Morgan fingerprint density at radius 1 is 1.31 bits per heavy atom. The molecule has 3 aromatic heterocycles. The van der Waals surface area contributed by atoms with Crippen molar-refractivity contribution in [1.29, 1.82) is 0 Å². The highest BCUT2D eigenvalue weighted by Crippen LogP contribution is 2.33. The van der Waals surface area contributed by atoms with Gasteiger partial charge in [0.15, 0.2) is 5.65 Å². The van der Waals surface area contributed by atoms with Crippen LogP contribution in [0.25, 0.3) is 5.65 Å². The van der Waals surface area contributed by atoms with Gasteiger partial charge >= 0.3 is 0 Å². The molecule has 0 unspecified atom stereocenters. The third-order valence-electron chi connectivity index (χ3n) is 4.74. The summed E-state index contributed by atoms with van der Waals surface area (Å²) >= 11 is 1.46. The molecule has 8 heteroatoms. The first-order valence-corrected chi connectivity index (χ1v) is 9.48. The van der Waals surface area contributed by atoms with Crippen LogP contribution in [0.4, 0.5) is 0 Å². The molecule has 0 aliphatic carbocycles. The van der Waals surface area contributed by atoms with Crippen LogP contribution in [-0.4, -0.2) is 44.9 Å². The molecule has 1 saturated heterocycles. The van der Waals surface area contributed by atoms with Gasteiger partial charge in [0, 0.05) is 19.8 Å². The highest BCUT2D eigenvalue weighted by atomic mass is 32.1. The van der Waals surface area contributed by atoms with Gasteiger partial charge in [-0.05, 0) is 36.8 Å². The zero-order valence-electron chi connectivity index (χ0n) is 14.4. The summed E-state index contributed by atoms with van der Waals surface area (Å²) in [5.41, 5.74) is 1.83. The Labute approximate surface area is 154 Å². The number of carbonyl (C=O) groups excluding carboxylic acids is 2. The van der Waals surface area contributed by atoms with Crippen molar-refractivity contribution < 1.29 is 9.59 Å². The number of thiophene rings is 1. The number of aromatic nitrogens is 3. The van der Waals surface area contributed by atoms with Crippen molar-refractivity contribution in [2.45, 2.75) is 25.3 Å². The zero-order valence-corrected chi connectivity index (χ0v) is 15.2. The van der Waals surface area contributed by atoms with Crippen LogP contribution in [0, 0.1) is 0 Å². The average molecular weight is 369 g/mol. The van der Waals surface area contributed by atoms with Crippen molar-refractivity contribution in [2.24, 2.45) is 0 Å². The fourth-order valence-corrected chi connectivity index (χ4v) is 4.16. The molecular weight excluding hydrogens is 350 g/mol. The van der Waals surface area contributed by atoms with E-state index in [4.69, 9.17) is 0 Å². The maximum absolute atomic E-state index is 13.0. The first kappa shape index (κ1) is 16.7. The Hall–Kier alpha value is -2.74. The monoisotopic (exact) mass is 369 g/mol. The Morgan fingerprint density at radius 2 is 2.19 bits per heavy atom. The summed E-state index contributed by atoms with van der Waals surface area (Å²) in [6.45, 7) is 0.717. The van der Waals surface area contributed by atoms with Crippen LogP contribution in [0.1, 0.15) is 51.0 Å². The van der Waals surface area contributed by atoms with E-state index < -0.39 is 0 Å². The van der Waals surface area contributed by atoms with E-state index >= 15 is 0 Å². The zero-order chi connectivity index (χ0) is 18.1. The summed E-state index contributed by atoms with van der Waals surface area (Å²) < 4.78 is 1.69. The molecule has 1 fully saturated rings.